The predicted octanol–water partition coefficient (Wildman–Crippen LogP) is 1.72. The first kappa shape index (κ1) is 11.5. The lowest BCUT2D eigenvalue weighted by Gasteiger charge is -2.28. The van der Waals surface area contributed by atoms with Crippen molar-refractivity contribution in [2.75, 3.05) is 13.7 Å². The molecule has 0 amide bonds. The predicted molar refractivity (Wildman–Crippen MR) is 56.1 cm³/mol. The van der Waals surface area contributed by atoms with E-state index >= 15 is 0 Å². The summed E-state index contributed by atoms with van der Waals surface area (Å²) in [6.45, 7) is 3.35. The van der Waals surface area contributed by atoms with Gasteiger partial charge in [0.25, 0.3) is 0 Å². The van der Waals surface area contributed by atoms with Crippen molar-refractivity contribution in [1.82, 2.24) is 5.32 Å². The van der Waals surface area contributed by atoms with E-state index in [0.717, 1.165) is 13.0 Å². The molecule has 82 valence electrons. The van der Waals surface area contributed by atoms with Crippen LogP contribution in [0.1, 0.15) is 39.0 Å². The maximum atomic E-state index is 11.0. The average Bonchev–Trinajstić information content (AvgIpc) is 2.26. The molecule has 2 unspecified atom stereocenters. The Kier molecular flexibility index (Phi) is 4.94. The fraction of sp³-hybridized carbons (Fsp3) is 0.909. The summed E-state index contributed by atoms with van der Waals surface area (Å²) in [7, 11) is 1.45. The Hall–Kier alpha value is -0.570. The second kappa shape index (κ2) is 6.02. The van der Waals surface area contributed by atoms with E-state index < -0.39 is 0 Å². The number of rotatable bonds is 4. The highest BCUT2D eigenvalue weighted by Crippen LogP contribution is 2.19. The third-order valence-corrected chi connectivity index (χ3v) is 3.07. The molecule has 1 aliphatic heterocycles. The van der Waals surface area contributed by atoms with E-state index in [4.69, 9.17) is 0 Å². The van der Waals surface area contributed by atoms with Crippen molar-refractivity contribution in [3.05, 3.63) is 0 Å². The van der Waals surface area contributed by atoms with Crippen LogP contribution in [0.4, 0.5) is 0 Å². The normalized spacial score (nSPS) is 24.3. The van der Waals surface area contributed by atoms with Crippen LogP contribution in [0.3, 0.4) is 0 Å². The summed E-state index contributed by atoms with van der Waals surface area (Å²) in [4.78, 5) is 11.0. The fourth-order valence-electron chi connectivity index (χ4n) is 2.01. The van der Waals surface area contributed by atoms with Crippen LogP contribution in [0.2, 0.25) is 0 Å². The van der Waals surface area contributed by atoms with Crippen LogP contribution >= 0.6 is 0 Å². The van der Waals surface area contributed by atoms with E-state index in [0.29, 0.717) is 18.4 Å². The summed E-state index contributed by atoms with van der Waals surface area (Å²) in [6.07, 6.45) is 5.35. The summed E-state index contributed by atoms with van der Waals surface area (Å²) in [6, 6.07) is 0.605. The van der Waals surface area contributed by atoms with Crippen molar-refractivity contribution in [1.29, 1.82) is 0 Å². The van der Waals surface area contributed by atoms with Gasteiger partial charge in [0.2, 0.25) is 0 Å². The van der Waals surface area contributed by atoms with E-state index in [9.17, 15) is 4.79 Å². The monoisotopic (exact) mass is 199 g/mol. The molecule has 1 heterocycles. The molecule has 1 saturated heterocycles. The number of ether oxygens (including phenoxy) is 1. The number of hydrogen-bond donors (Lipinski definition) is 1. The fourth-order valence-corrected chi connectivity index (χ4v) is 2.01. The van der Waals surface area contributed by atoms with Gasteiger partial charge in [-0.2, -0.15) is 0 Å². The molecule has 1 N–H and O–H groups in total. The van der Waals surface area contributed by atoms with Gasteiger partial charge in [-0.25, -0.2) is 0 Å². The average molecular weight is 199 g/mol. The largest absolute Gasteiger partial charge is 0.469 e. The summed E-state index contributed by atoms with van der Waals surface area (Å²) in [5, 5.41) is 3.51. The zero-order chi connectivity index (χ0) is 10.4. The molecule has 0 saturated carbocycles. The SMILES string of the molecule is COC(=O)CCC(C)C1CCCCN1. The Morgan fingerprint density at radius 3 is 2.93 bits per heavy atom. The molecule has 3 heteroatoms. The molecule has 1 aliphatic rings. The zero-order valence-corrected chi connectivity index (χ0v) is 9.21. The first-order chi connectivity index (χ1) is 6.74. The number of piperidine rings is 1. The lowest BCUT2D eigenvalue weighted by atomic mass is 9.90. The van der Waals surface area contributed by atoms with Crippen molar-refractivity contribution in [3.63, 3.8) is 0 Å². The third-order valence-electron chi connectivity index (χ3n) is 3.07. The number of nitrogens with one attached hydrogen (secondary N) is 1. The van der Waals surface area contributed by atoms with Gasteiger partial charge < -0.3 is 10.1 Å². The molecular weight excluding hydrogens is 178 g/mol. The number of esters is 1. The highest BCUT2D eigenvalue weighted by molar-refractivity contribution is 5.69. The maximum absolute atomic E-state index is 11.0. The molecular formula is C11H21NO2. The lowest BCUT2D eigenvalue weighted by Crippen LogP contribution is -2.39. The molecule has 0 spiro atoms. The molecule has 0 aromatic carbocycles. The Labute approximate surface area is 86.2 Å². The molecule has 0 bridgehead atoms. The summed E-state index contributed by atoms with van der Waals surface area (Å²) < 4.78 is 4.63. The van der Waals surface area contributed by atoms with E-state index in [-0.39, 0.29) is 5.97 Å². The van der Waals surface area contributed by atoms with E-state index in [1.54, 1.807) is 0 Å². The summed E-state index contributed by atoms with van der Waals surface area (Å²) in [5.41, 5.74) is 0. The Morgan fingerprint density at radius 1 is 1.57 bits per heavy atom. The molecule has 0 aromatic rings. The number of carbonyl (C=O) groups excluding carboxylic acids is 1. The van der Waals surface area contributed by atoms with Gasteiger partial charge in [-0.3, -0.25) is 4.79 Å². The van der Waals surface area contributed by atoms with E-state index in [1.807, 2.05) is 0 Å². The number of methoxy groups -OCH3 is 1. The first-order valence-electron chi connectivity index (χ1n) is 5.54. The second-order valence-corrected chi connectivity index (χ2v) is 4.15. The van der Waals surface area contributed by atoms with Crippen molar-refractivity contribution in [2.45, 2.75) is 45.1 Å². The zero-order valence-electron chi connectivity index (χ0n) is 9.21. The van der Waals surface area contributed by atoms with Crippen LogP contribution in [0.25, 0.3) is 0 Å². The molecule has 0 aliphatic carbocycles. The van der Waals surface area contributed by atoms with Crippen molar-refractivity contribution in [3.8, 4) is 0 Å². The molecule has 0 radical (unpaired) electrons. The van der Waals surface area contributed by atoms with Gasteiger partial charge in [0.15, 0.2) is 0 Å². The van der Waals surface area contributed by atoms with Gasteiger partial charge in [0, 0.05) is 12.5 Å². The lowest BCUT2D eigenvalue weighted by molar-refractivity contribution is -0.141. The van der Waals surface area contributed by atoms with Crippen LogP contribution in [-0.4, -0.2) is 25.7 Å². The number of carbonyl (C=O) groups is 1. The van der Waals surface area contributed by atoms with Gasteiger partial charge in [0.05, 0.1) is 7.11 Å². The molecule has 0 aromatic heterocycles. The highest BCUT2D eigenvalue weighted by atomic mass is 16.5. The third kappa shape index (κ3) is 3.66. The molecule has 14 heavy (non-hydrogen) atoms. The minimum atomic E-state index is -0.0901. The standard InChI is InChI=1S/C11H21NO2/c1-9(6-7-11(13)14-2)10-5-3-4-8-12-10/h9-10,12H,3-8H2,1-2H3. The van der Waals surface area contributed by atoms with Gasteiger partial charge >= 0.3 is 5.97 Å². The van der Waals surface area contributed by atoms with Crippen molar-refractivity contribution < 1.29 is 9.53 Å². The summed E-state index contributed by atoms with van der Waals surface area (Å²) in [5.74, 6) is 0.488. The van der Waals surface area contributed by atoms with E-state index in [1.165, 1.54) is 26.4 Å². The molecule has 3 nitrogen and oxygen atoms in total. The smallest absolute Gasteiger partial charge is 0.305 e. The van der Waals surface area contributed by atoms with Crippen LogP contribution < -0.4 is 5.32 Å². The van der Waals surface area contributed by atoms with Crippen LogP contribution in [-0.2, 0) is 9.53 Å². The minimum absolute atomic E-state index is 0.0901. The Balaban J connectivity index is 2.19. The second-order valence-electron chi connectivity index (χ2n) is 4.15. The Morgan fingerprint density at radius 2 is 2.36 bits per heavy atom. The van der Waals surface area contributed by atoms with Crippen molar-refractivity contribution in [2.24, 2.45) is 5.92 Å². The van der Waals surface area contributed by atoms with Gasteiger partial charge in [-0.05, 0) is 31.7 Å². The van der Waals surface area contributed by atoms with Gasteiger partial charge in [-0.15, -0.1) is 0 Å². The van der Waals surface area contributed by atoms with E-state index in [2.05, 4.69) is 17.0 Å². The van der Waals surface area contributed by atoms with Crippen molar-refractivity contribution >= 4 is 5.97 Å². The quantitative estimate of drug-likeness (QED) is 0.701. The van der Waals surface area contributed by atoms with Crippen LogP contribution in [0, 0.1) is 5.92 Å². The Bertz CT molecular complexity index is 176. The first-order valence-corrected chi connectivity index (χ1v) is 5.54. The minimum Gasteiger partial charge on any atom is -0.469 e. The van der Waals surface area contributed by atoms with Gasteiger partial charge in [-0.1, -0.05) is 13.3 Å². The molecule has 1 rings (SSSR count). The van der Waals surface area contributed by atoms with Crippen LogP contribution in [0.15, 0.2) is 0 Å². The van der Waals surface area contributed by atoms with Gasteiger partial charge in [0.1, 0.15) is 0 Å². The van der Waals surface area contributed by atoms with Crippen LogP contribution in [0.5, 0.6) is 0 Å². The molecule has 1 fully saturated rings. The molecule has 2 atom stereocenters. The number of hydrogen-bond acceptors (Lipinski definition) is 3. The topological polar surface area (TPSA) is 38.3 Å². The maximum Gasteiger partial charge on any atom is 0.305 e. The summed E-state index contributed by atoms with van der Waals surface area (Å²) >= 11 is 0. The highest BCUT2D eigenvalue weighted by Gasteiger charge is 2.19.